The van der Waals surface area contributed by atoms with E-state index in [4.69, 9.17) is 19.6 Å². The lowest BCUT2D eigenvalue weighted by molar-refractivity contribution is -0.0894. The summed E-state index contributed by atoms with van der Waals surface area (Å²) in [5.74, 6) is 1.17. The highest BCUT2D eigenvalue weighted by Crippen LogP contribution is 2.27. The fraction of sp³-hybridized carbons (Fsp3) is 0.378. The van der Waals surface area contributed by atoms with Gasteiger partial charge in [0, 0.05) is 11.1 Å². The van der Waals surface area contributed by atoms with E-state index in [0.29, 0.717) is 17.4 Å². The molecule has 0 aliphatic heterocycles. The third-order valence-corrected chi connectivity index (χ3v) is 7.65. The molecule has 0 aliphatic carbocycles. The van der Waals surface area contributed by atoms with Crippen LogP contribution in [0, 0.1) is 0 Å². The van der Waals surface area contributed by atoms with Crippen LogP contribution in [0.1, 0.15) is 92.2 Å². The normalized spacial score (nSPS) is 13.3. The van der Waals surface area contributed by atoms with Crippen molar-refractivity contribution in [3.63, 3.8) is 0 Å². The summed E-state index contributed by atoms with van der Waals surface area (Å²) in [6.07, 6.45) is 17.2. The molecule has 0 bridgehead atoms. The molecule has 1 heterocycles. The minimum Gasteiger partial charge on any atom is -0.423 e. The van der Waals surface area contributed by atoms with Crippen molar-refractivity contribution in [3.8, 4) is 22.8 Å². The van der Waals surface area contributed by atoms with Crippen LogP contribution in [-0.4, -0.2) is 38.7 Å². The molecule has 0 amide bonds. The fourth-order valence-corrected chi connectivity index (χ4v) is 4.32. The van der Waals surface area contributed by atoms with Gasteiger partial charge in [0.25, 0.3) is 0 Å². The molecular weight excluding hydrogens is 529 g/mol. The lowest BCUT2D eigenvalue weighted by atomic mass is 9.86. The highest BCUT2D eigenvalue weighted by Gasteiger charge is 2.36. The van der Waals surface area contributed by atoms with Gasteiger partial charge in [0.15, 0.2) is 11.6 Å². The Hall–Kier alpha value is -3.61. The van der Waals surface area contributed by atoms with E-state index in [1.165, 1.54) is 5.57 Å². The molecule has 226 valence electrons. The van der Waals surface area contributed by atoms with Gasteiger partial charge in [0.05, 0.1) is 11.2 Å². The van der Waals surface area contributed by atoms with Gasteiger partial charge >= 0.3 is 7.48 Å². The Balaban J connectivity index is 2.13. The lowest BCUT2D eigenvalue weighted by Crippen LogP contribution is -2.49. The molecule has 0 fully saturated rings. The zero-order valence-corrected chi connectivity index (χ0v) is 27.3. The maximum Gasteiger partial charge on any atom is 0.353 e. The summed E-state index contributed by atoms with van der Waals surface area (Å²) in [6.45, 7) is 15.8. The first-order valence-corrected chi connectivity index (χ1v) is 15.5. The van der Waals surface area contributed by atoms with Gasteiger partial charge in [-0.05, 0) is 88.3 Å². The number of hydrogen-bond donors (Lipinski definition) is 1. The SMILES string of the molecule is C/C=C(\C=C/CCC)c1cccc(-c2nc(BOC(C)(C)C(C)(C)O)nc(-c3cccc(C(/C=C\CC)=C/CC)c3)n2)c1. The van der Waals surface area contributed by atoms with E-state index in [2.05, 4.69) is 88.4 Å². The Bertz CT molecular complexity index is 1480. The molecular formula is C37H48BN3O2. The highest BCUT2D eigenvalue weighted by molar-refractivity contribution is 6.44. The van der Waals surface area contributed by atoms with E-state index < -0.39 is 11.2 Å². The molecule has 0 atom stereocenters. The van der Waals surface area contributed by atoms with E-state index in [1.54, 1.807) is 13.8 Å². The van der Waals surface area contributed by atoms with E-state index in [0.717, 1.165) is 53.5 Å². The molecule has 3 aromatic rings. The number of rotatable bonds is 14. The number of allylic oxidation sites excluding steroid dienone is 8. The Morgan fingerprint density at radius 1 is 0.814 bits per heavy atom. The number of nitrogens with zero attached hydrogens (tertiary/aromatic N) is 3. The second-order valence-corrected chi connectivity index (χ2v) is 11.7. The summed E-state index contributed by atoms with van der Waals surface area (Å²) in [6, 6.07) is 16.7. The number of hydrogen-bond acceptors (Lipinski definition) is 5. The molecule has 0 aliphatic rings. The van der Waals surface area contributed by atoms with Gasteiger partial charge in [-0.15, -0.1) is 0 Å². The molecule has 0 radical (unpaired) electrons. The van der Waals surface area contributed by atoms with Gasteiger partial charge in [-0.2, -0.15) is 0 Å². The maximum atomic E-state index is 10.7. The van der Waals surface area contributed by atoms with Crippen LogP contribution in [0.15, 0.2) is 85.0 Å². The van der Waals surface area contributed by atoms with E-state index in [9.17, 15) is 5.11 Å². The number of unbranched alkanes of at least 4 members (excludes halogenated alkanes) is 1. The fourth-order valence-electron chi connectivity index (χ4n) is 4.32. The summed E-state index contributed by atoms with van der Waals surface area (Å²) in [5.41, 5.74) is 5.02. The van der Waals surface area contributed by atoms with E-state index in [1.807, 2.05) is 38.1 Å². The third kappa shape index (κ3) is 9.44. The molecule has 0 saturated heterocycles. The van der Waals surface area contributed by atoms with Crippen LogP contribution in [-0.2, 0) is 4.65 Å². The van der Waals surface area contributed by atoms with Crippen LogP contribution in [0.2, 0.25) is 0 Å². The molecule has 0 unspecified atom stereocenters. The van der Waals surface area contributed by atoms with Crippen molar-refractivity contribution in [1.82, 2.24) is 15.0 Å². The van der Waals surface area contributed by atoms with Crippen molar-refractivity contribution in [1.29, 1.82) is 0 Å². The van der Waals surface area contributed by atoms with Crippen LogP contribution in [0.5, 0.6) is 0 Å². The van der Waals surface area contributed by atoms with Crippen molar-refractivity contribution in [2.75, 3.05) is 0 Å². The van der Waals surface area contributed by atoms with E-state index >= 15 is 0 Å². The van der Waals surface area contributed by atoms with Gasteiger partial charge in [-0.25, -0.2) is 15.0 Å². The topological polar surface area (TPSA) is 68.1 Å². The van der Waals surface area contributed by atoms with Gasteiger partial charge in [0.2, 0.25) is 0 Å². The monoisotopic (exact) mass is 577 g/mol. The van der Waals surface area contributed by atoms with Crippen molar-refractivity contribution in [2.24, 2.45) is 0 Å². The van der Waals surface area contributed by atoms with E-state index in [-0.39, 0.29) is 7.48 Å². The average Bonchev–Trinajstić information content (AvgIpc) is 3.00. The largest absolute Gasteiger partial charge is 0.423 e. The molecule has 43 heavy (non-hydrogen) atoms. The van der Waals surface area contributed by atoms with Crippen molar-refractivity contribution in [2.45, 2.75) is 92.3 Å². The average molecular weight is 578 g/mol. The molecule has 1 N–H and O–H groups in total. The number of aliphatic hydroxyl groups is 1. The molecule has 1 aromatic heterocycles. The molecule has 0 saturated carbocycles. The Morgan fingerprint density at radius 3 is 1.91 bits per heavy atom. The van der Waals surface area contributed by atoms with Crippen LogP contribution in [0.3, 0.4) is 0 Å². The summed E-state index contributed by atoms with van der Waals surface area (Å²) in [5, 5.41) is 10.7. The van der Waals surface area contributed by atoms with Crippen LogP contribution in [0.25, 0.3) is 33.9 Å². The van der Waals surface area contributed by atoms with Crippen LogP contribution >= 0.6 is 0 Å². The summed E-state index contributed by atoms with van der Waals surface area (Å²) in [7, 11) is 0.138. The van der Waals surface area contributed by atoms with Crippen molar-refractivity contribution < 1.29 is 9.76 Å². The summed E-state index contributed by atoms with van der Waals surface area (Å²) >= 11 is 0. The first-order valence-electron chi connectivity index (χ1n) is 15.5. The first-order chi connectivity index (χ1) is 20.5. The Morgan fingerprint density at radius 2 is 1.40 bits per heavy atom. The predicted molar refractivity (Wildman–Crippen MR) is 184 cm³/mol. The van der Waals surface area contributed by atoms with Gasteiger partial charge in [-0.1, -0.05) is 100 Å². The second kappa shape index (κ2) is 15.7. The highest BCUT2D eigenvalue weighted by atomic mass is 16.5. The maximum absolute atomic E-state index is 10.7. The van der Waals surface area contributed by atoms with Gasteiger partial charge in [0.1, 0.15) is 5.72 Å². The first kappa shape index (κ1) is 33.9. The zero-order valence-electron chi connectivity index (χ0n) is 27.3. The number of aromatic nitrogens is 3. The van der Waals surface area contributed by atoms with Crippen LogP contribution < -0.4 is 5.72 Å². The molecule has 5 nitrogen and oxygen atoms in total. The Labute approximate surface area is 259 Å². The lowest BCUT2D eigenvalue weighted by Gasteiger charge is -2.37. The standard InChI is InChI=1S/C37H48BN3O2/c1-9-13-15-20-27(12-4)29-21-16-23-31(25-29)33-39-34(41-35(40-33)38-43-37(7,8)36(5,6)42)32-24-17-22-30(26-32)28(18-11-3)19-14-10-2/h12,14-26,38,42H,9-11,13H2,1-8H3/b19-14-,20-15-,27-12+,28-18+. The van der Waals surface area contributed by atoms with Crippen molar-refractivity contribution >= 4 is 24.4 Å². The minimum absolute atomic E-state index is 0.138. The summed E-state index contributed by atoms with van der Waals surface area (Å²) < 4.78 is 6.19. The predicted octanol–water partition coefficient (Wildman–Crippen LogP) is 8.27. The smallest absolute Gasteiger partial charge is 0.353 e. The molecule has 2 aromatic carbocycles. The quantitative estimate of drug-likeness (QED) is 0.154. The van der Waals surface area contributed by atoms with Crippen molar-refractivity contribution in [3.05, 3.63) is 96.1 Å². The second-order valence-electron chi connectivity index (χ2n) is 11.7. The molecule has 3 rings (SSSR count). The van der Waals surface area contributed by atoms with Gasteiger partial charge < -0.3 is 9.76 Å². The minimum atomic E-state index is -1.05. The zero-order chi connectivity index (χ0) is 31.5. The van der Waals surface area contributed by atoms with Crippen LogP contribution in [0.4, 0.5) is 0 Å². The molecule has 6 heteroatoms. The molecule has 0 spiro atoms. The number of benzene rings is 2. The summed E-state index contributed by atoms with van der Waals surface area (Å²) in [4.78, 5) is 14.7. The Kier molecular flexibility index (Phi) is 12.4. The third-order valence-electron chi connectivity index (χ3n) is 7.65. The van der Waals surface area contributed by atoms with Gasteiger partial charge in [-0.3, -0.25) is 0 Å².